The number of hydrogen-bond donors (Lipinski definition) is 1. The van der Waals surface area contributed by atoms with Crippen molar-refractivity contribution in [2.24, 2.45) is 0 Å². The first-order valence-electron chi connectivity index (χ1n) is 4.50. The molecule has 0 aliphatic carbocycles. The van der Waals surface area contributed by atoms with Crippen LogP contribution in [-0.4, -0.2) is 22.5 Å². The number of nitrogens with zero attached hydrogens (tertiary/aromatic N) is 1. The Hall–Kier alpha value is -1.13. The second-order valence-corrected chi connectivity index (χ2v) is 4.02. The summed E-state index contributed by atoms with van der Waals surface area (Å²) in [4.78, 5) is 13.0. The van der Waals surface area contributed by atoms with Gasteiger partial charge in [-0.25, -0.2) is 0 Å². The molecule has 3 nitrogen and oxygen atoms in total. The highest BCUT2D eigenvalue weighted by Gasteiger charge is 2.25. The summed E-state index contributed by atoms with van der Waals surface area (Å²) in [5.41, 5.74) is 0.901. The highest BCUT2D eigenvalue weighted by atomic mass is 35.5. The van der Waals surface area contributed by atoms with Gasteiger partial charge in [0.15, 0.2) is 5.11 Å². The number of hydrogen-bond acceptors (Lipinski definition) is 2. The van der Waals surface area contributed by atoms with E-state index in [2.05, 4.69) is 5.32 Å². The van der Waals surface area contributed by atoms with Crippen LogP contribution in [0.15, 0.2) is 24.3 Å². The minimum Gasteiger partial charge on any atom is -0.353 e. The quantitative estimate of drug-likeness (QED) is 0.797. The summed E-state index contributed by atoms with van der Waals surface area (Å²) < 4.78 is 0. The summed E-state index contributed by atoms with van der Waals surface area (Å²) in [7, 11) is 0. The standard InChI is InChI=1S/C10H9ClN2OS/c11-8-4-2-1-3-7(8)6-13-9(14)5-12-10(13)15/h1-4H,5-6H2,(H,12,15). The van der Waals surface area contributed by atoms with E-state index < -0.39 is 0 Å². The van der Waals surface area contributed by atoms with Gasteiger partial charge in [0.25, 0.3) is 0 Å². The zero-order valence-corrected chi connectivity index (χ0v) is 9.44. The number of rotatable bonds is 2. The van der Waals surface area contributed by atoms with Crippen LogP contribution in [0.2, 0.25) is 5.02 Å². The molecule has 2 rings (SSSR count). The maximum absolute atomic E-state index is 11.4. The van der Waals surface area contributed by atoms with E-state index in [4.69, 9.17) is 23.8 Å². The van der Waals surface area contributed by atoms with Gasteiger partial charge in [-0.05, 0) is 23.8 Å². The lowest BCUT2D eigenvalue weighted by molar-refractivity contribution is -0.124. The maximum atomic E-state index is 11.4. The number of thiocarbonyl (C=S) groups is 1. The molecule has 0 saturated carbocycles. The fraction of sp³-hybridized carbons (Fsp3) is 0.200. The molecule has 1 fully saturated rings. The Morgan fingerprint density at radius 2 is 2.20 bits per heavy atom. The van der Waals surface area contributed by atoms with Crippen LogP contribution >= 0.6 is 23.8 Å². The van der Waals surface area contributed by atoms with Crippen molar-refractivity contribution in [3.05, 3.63) is 34.9 Å². The van der Waals surface area contributed by atoms with Crippen molar-refractivity contribution in [3.8, 4) is 0 Å². The Kier molecular flexibility index (Phi) is 2.88. The Labute approximate surface area is 98.0 Å². The van der Waals surface area contributed by atoms with E-state index in [1.807, 2.05) is 18.2 Å². The topological polar surface area (TPSA) is 32.3 Å². The van der Waals surface area contributed by atoms with Crippen molar-refractivity contribution in [1.82, 2.24) is 10.2 Å². The molecule has 1 N–H and O–H groups in total. The summed E-state index contributed by atoms with van der Waals surface area (Å²) >= 11 is 11.0. The zero-order chi connectivity index (χ0) is 10.8. The third-order valence-corrected chi connectivity index (χ3v) is 2.96. The predicted molar refractivity (Wildman–Crippen MR) is 62.6 cm³/mol. The van der Waals surface area contributed by atoms with Crippen molar-refractivity contribution in [2.45, 2.75) is 6.54 Å². The lowest BCUT2D eigenvalue weighted by atomic mass is 10.2. The van der Waals surface area contributed by atoms with Crippen LogP contribution in [0.3, 0.4) is 0 Å². The number of benzene rings is 1. The lowest BCUT2D eigenvalue weighted by Gasteiger charge is -2.15. The first-order valence-corrected chi connectivity index (χ1v) is 5.28. The van der Waals surface area contributed by atoms with Gasteiger partial charge in [-0.1, -0.05) is 29.8 Å². The Morgan fingerprint density at radius 3 is 2.80 bits per heavy atom. The van der Waals surface area contributed by atoms with Crippen LogP contribution in [0.5, 0.6) is 0 Å². The van der Waals surface area contributed by atoms with Crippen molar-refractivity contribution in [3.63, 3.8) is 0 Å². The largest absolute Gasteiger partial charge is 0.353 e. The van der Waals surface area contributed by atoms with Crippen LogP contribution in [0.4, 0.5) is 0 Å². The third kappa shape index (κ3) is 2.11. The fourth-order valence-electron chi connectivity index (χ4n) is 1.41. The molecule has 5 heteroatoms. The van der Waals surface area contributed by atoms with Crippen molar-refractivity contribution >= 4 is 34.8 Å². The van der Waals surface area contributed by atoms with Crippen molar-refractivity contribution in [1.29, 1.82) is 0 Å². The molecule has 0 atom stereocenters. The third-order valence-electron chi connectivity index (χ3n) is 2.22. The highest BCUT2D eigenvalue weighted by Crippen LogP contribution is 2.18. The van der Waals surface area contributed by atoms with Crippen molar-refractivity contribution in [2.75, 3.05) is 6.54 Å². The van der Waals surface area contributed by atoms with Crippen molar-refractivity contribution < 1.29 is 4.79 Å². The number of nitrogens with one attached hydrogen (secondary N) is 1. The van der Waals surface area contributed by atoms with Crippen LogP contribution in [0, 0.1) is 0 Å². The van der Waals surface area contributed by atoms with Crippen LogP contribution in [0.1, 0.15) is 5.56 Å². The molecule has 1 aromatic rings. The van der Waals surface area contributed by atoms with Gasteiger partial charge >= 0.3 is 0 Å². The molecule has 1 amide bonds. The number of halogens is 1. The van der Waals surface area contributed by atoms with Gasteiger partial charge in [0, 0.05) is 5.02 Å². The number of carbonyl (C=O) groups is 1. The molecule has 1 aromatic carbocycles. The van der Waals surface area contributed by atoms with E-state index in [1.165, 1.54) is 4.90 Å². The summed E-state index contributed by atoms with van der Waals surface area (Å²) in [6.07, 6.45) is 0. The zero-order valence-electron chi connectivity index (χ0n) is 7.87. The van der Waals surface area contributed by atoms with E-state index in [0.29, 0.717) is 16.7 Å². The van der Waals surface area contributed by atoms with E-state index in [9.17, 15) is 4.79 Å². The van der Waals surface area contributed by atoms with Gasteiger partial charge in [-0.3, -0.25) is 9.69 Å². The summed E-state index contributed by atoms with van der Waals surface area (Å²) in [6, 6.07) is 7.43. The normalized spacial score (nSPS) is 15.7. The first kappa shape index (κ1) is 10.4. The van der Waals surface area contributed by atoms with Crippen LogP contribution < -0.4 is 5.32 Å². The van der Waals surface area contributed by atoms with E-state index in [0.717, 1.165) is 5.56 Å². The molecular weight excluding hydrogens is 232 g/mol. The minimum atomic E-state index is -0.0140. The van der Waals surface area contributed by atoms with Gasteiger partial charge in [0.05, 0.1) is 13.1 Å². The molecule has 15 heavy (non-hydrogen) atoms. The van der Waals surface area contributed by atoms with Gasteiger partial charge in [0.2, 0.25) is 5.91 Å². The molecule has 0 aromatic heterocycles. The second-order valence-electron chi connectivity index (χ2n) is 3.23. The van der Waals surface area contributed by atoms with E-state index in [1.54, 1.807) is 6.07 Å². The smallest absolute Gasteiger partial charge is 0.248 e. The Balaban J connectivity index is 2.18. The molecule has 1 heterocycles. The average Bonchev–Trinajstić information content (AvgIpc) is 2.53. The average molecular weight is 241 g/mol. The van der Waals surface area contributed by atoms with E-state index >= 15 is 0 Å². The monoisotopic (exact) mass is 240 g/mol. The molecule has 1 aliphatic rings. The van der Waals surface area contributed by atoms with E-state index in [-0.39, 0.29) is 12.5 Å². The number of amides is 1. The predicted octanol–water partition coefficient (Wildman–Crippen LogP) is 1.56. The molecular formula is C10H9ClN2OS. The fourth-order valence-corrected chi connectivity index (χ4v) is 1.85. The van der Waals surface area contributed by atoms with Gasteiger partial charge in [0.1, 0.15) is 0 Å². The van der Waals surface area contributed by atoms with Gasteiger partial charge < -0.3 is 5.32 Å². The lowest BCUT2D eigenvalue weighted by Crippen LogP contribution is -2.30. The molecule has 0 unspecified atom stereocenters. The Bertz CT molecular complexity index is 406. The number of carbonyl (C=O) groups excluding carboxylic acids is 1. The molecule has 78 valence electrons. The summed E-state index contributed by atoms with van der Waals surface area (Å²) in [5, 5.41) is 3.95. The molecule has 0 bridgehead atoms. The molecule has 1 aliphatic heterocycles. The SMILES string of the molecule is O=C1CNC(=S)N1Cc1ccccc1Cl. The first-order chi connectivity index (χ1) is 7.18. The maximum Gasteiger partial charge on any atom is 0.248 e. The molecule has 0 radical (unpaired) electrons. The van der Waals surface area contributed by atoms with Crippen LogP contribution in [0.25, 0.3) is 0 Å². The summed E-state index contributed by atoms with van der Waals surface area (Å²) in [5.74, 6) is -0.0140. The van der Waals surface area contributed by atoms with Gasteiger partial charge in [-0.2, -0.15) is 0 Å². The van der Waals surface area contributed by atoms with Crippen LogP contribution in [-0.2, 0) is 11.3 Å². The van der Waals surface area contributed by atoms with Gasteiger partial charge in [-0.15, -0.1) is 0 Å². The molecule has 1 saturated heterocycles. The minimum absolute atomic E-state index is 0.0140. The second kappa shape index (κ2) is 4.16. The summed E-state index contributed by atoms with van der Waals surface area (Å²) in [6.45, 7) is 0.716. The highest BCUT2D eigenvalue weighted by molar-refractivity contribution is 7.80. The molecule has 0 spiro atoms. The Morgan fingerprint density at radius 1 is 1.47 bits per heavy atom.